The molecule has 0 aliphatic rings. The first-order valence-electron chi connectivity index (χ1n) is 5.93. The summed E-state index contributed by atoms with van der Waals surface area (Å²) in [5.74, 6) is -1.53. The fraction of sp³-hybridized carbons (Fsp3) is 0.154. The molecule has 0 saturated carbocycles. The number of benzene rings is 1. The molecular formula is C13H14N4O3. The van der Waals surface area contributed by atoms with Crippen LogP contribution in [0.3, 0.4) is 0 Å². The van der Waals surface area contributed by atoms with Gasteiger partial charge in [-0.25, -0.2) is 4.79 Å². The van der Waals surface area contributed by atoms with E-state index in [1.54, 1.807) is 31.2 Å². The molecule has 0 saturated heterocycles. The molecule has 0 bridgehead atoms. The highest BCUT2D eigenvalue weighted by Crippen LogP contribution is 2.15. The highest BCUT2D eigenvalue weighted by atomic mass is 16.4. The van der Waals surface area contributed by atoms with Crippen LogP contribution in [0.15, 0.2) is 36.5 Å². The molecule has 1 amide bonds. The molecule has 4 N–H and O–H groups in total. The van der Waals surface area contributed by atoms with Crippen molar-refractivity contribution >= 4 is 23.3 Å². The number of anilines is 2. The summed E-state index contributed by atoms with van der Waals surface area (Å²) in [6, 6.07) is 8.27. The summed E-state index contributed by atoms with van der Waals surface area (Å²) in [6.07, 6.45) is 1.33. The van der Waals surface area contributed by atoms with E-state index in [0.29, 0.717) is 5.69 Å². The topological polar surface area (TPSA) is 110 Å². The van der Waals surface area contributed by atoms with Crippen LogP contribution in [0.5, 0.6) is 0 Å². The van der Waals surface area contributed by atoms with E-state index in [9.17, 15) is 9.59 Å². The summed E-state index contributed by atoms with van der Waals surface area (Å²) < 4.78 is 1.23. The van der Waals surface area contributed by atoms with Gasteiger partial charge < -0.3 is 16.2 Å². The minimum atomic E-state index is -1.23. The van der Waals surface area contributed by atoms with Gasteiger partial charge in [-0.2, -0.15) is 5.10 Å². The number of amides is 1. The monoisotopic (exact) mass is 274 g/mol. The van der Waals surface area contributed by atoms with Crippen LogP contribution in [0, 0.1) is 0 Å². The largest absolute Gasteiger partial charge is 0.476 e. The van der Waals surface area contributed by atoms with Crippen molar-refractivity contribution < 1.29 is 14.7 Å². The third-order valence-electron chi connectivity index (χ3n) is 2.78. The number of carboxylic acid groups (broad SMARTS) is 1. The molecule has 0 spiro atoms. The lowest BCUT2D eigenvalue weighted by Gasteiger charge is -2.12. The minimum Gasteiger partial charge on any atom is -0.476 e. The molecule has 2 rings (SSSR count). The standard InChI is InChI=1S/C13H14N4O3/c1-8(12(18)15-9-5-3-2-4-6-9)17-7-10(14)11(16-17)13(19)20/h2-8H,14H2,1H3,(H,15,18)(H,19,20). The number of rotatable bonds is 4. The minimum absolute atomic E-state index is 0.0249. The fourth-order valence-corrected chi connectivity index (χ4v) is 1.66. The van der Waals surface area contributed by atoms with Gasteiger partial charge in [0.25, 0.3) is 0 Å². The molecule has 1 unspecified atom stereocenters. The van der Waals surface area contributed by atoms with Crippen LogP contribution in [-0.4, -0.2) is 26.8 Å². The highest BCUT2D eigenvalue weighted by Gasteiger charge is 2.20. The van der Waals surface area contributed by atoms with Crippen LogP contribution in [0.4, 0.5) is 11.4 Å². The molecule has 0 aliphatic heterocycles. The lowest BCUT2D eigenvalue weighted by molar-refractivity contribution is -0.119. The maximum Gasteiger partial charge on any atom is 0.358 e. The first-order chi connectivity index (χ1) is 9.49. The molecule has 0 fully saturated rings. The van der Waals surface area contributed by atoms with E-state index in [-0.39, 0.29) is 17.3 Å². The summed E-state index contributed by atoms with van der Waals surface area (Å²) in [5.41, 5.74) is 5.96. The molecule has 1 heterocycles. The third-order valence-corrected chi connectivity index (χ3v) is 2.78. The summed E-state index contributed by atoms with van der Waals surface area (Å²) in [4.78, 5) is 22.9. The van der Waals surface area contributed by atoms with Crippen molar-refractivity contribution in [1.82, 2.24) is 9.78 Å². The van der Waals surface area contributed by atoms with Crippen molar-refractivity contribution in [2.45, 2.75) is 13.0 Å². The highest BCUT2D eigenvalue weighted by molar-refractivity contribution is 5.94. The molecule has 1 atom stereocenters. The van der Waals surface area contributed by atoms with Gasteiger partial charge in [-0.05, 0) is 19.1 Å². The van der Waals surface area contributed by atoms with E-state index in [1.807, 2.05) is 6.07 Å². The molecule has 7 nitrogen and oxygen atoms in total. The molecule has 7 heteroatoms. The summed E-state index contributed by atoms with van der Waals surface area (Å²) in [7, 11) is 0. The Morgan fingerprint density at radius 3 is 2.55 bits per heavy atom. The number of nitrogens with zero attached hydrogens (tertiary/aromatic N) is 2. The molecule has 20 heavy (non-hydrogen) atoms. The lowest BCUT2D eigenvalue weighted by Crippen LogP contribution is -2.24. The second-order valence-corrected chi connectivity index (χ2v) is 4.25. The Bertz CT molecular complexity index is 636. The van der Waals surface area contributed by atoms with Crippen molar-refractivity contribution in [3.05, 3.63) is 42.2 Å². The summed E-state index contributed by atoms with van der Waals surface area (Å²) >= 11 is 0. The van der Waals surface area contributed by atoms with Gasteiger partial charge in [-0.15, -0.1) is 0 Å². The van der Waals surface area contributed by atoms with Crippen LogP contribution >= 0.6 is 0 Å². The lowest BCUT2D eigenvalue weighted by atomic mass is 10.3. The number of carbonyl (C=O) groups excluding carboxylic acids is 1. The number of hydrogen-bond donors (Lipinski definition) is 3. The Balaban J connectivity index is 2.15. The number of nitrogens with one attached hydrogen (secondary N) is 1. The van der Waals surface area contributed by atoms with E-state index in [2.05, 4.69) is 10.4 Å². The second kappa shape index (κ2) is 5.43. The zero-order valence-corrected chi connectivity index (χ0v) is 10.8. The smallest absolute Gasteiger partial charge is 0.358 e. The number of hydrogen-bond acceptors (Lipinski definition) is 4. The average molecular weight is 274 g/mol. The van der Waals surface area contributed by atoms with Gasteiger partial charge in [0.2, 0.25) is 5.91 Å². The van der Waals surface area contributed by atoms with Gasteiger partial charge in [-0.1, -0.05) is 18.2 Å². The third kappa shape index (κ3) is 2.77. The quantitative estimate of drug-likeness (QED) is 0.779. The first-order valence-corrected chi connectivity index (χ1v) is 5.93. The molecule has 104 valence electrons. The van der Waals surface area contributed by atoms with E-state index >= 15 is 0 Å². The average Bonchev–Trinajstić information content (AvgIpc) is 2.81. The Morgan fingerprint density at radius 1 is 1.35 bits per heavy atom. The van der Waals surface area contributed by atoms with E-state index in [4.69, 9.17) is 10.8 Å². The van der Waals surface area contributed by atoms with Gasteiger partial charge in [0.15, 0.2) is 5.69 Å². The molecule has 0 aliphatic carbocycles. The Labute approximate surface area is 115 Å². The number of carbonyl (C=O) groups is 2. The molecule has 0 radical (unpaired) electrons. The van der Waals surface area contributed by atoms with Crippen molar-refractivity contribution in [3.8, 4) is 0 Å². The van der Waals surface area contributed by atoms with Crippen LogP contribution in [-0.2, 0) is 4.79 Å². The van der Waals surface area contributed by atoms with Gasteiger partial charge in [0.05, 0.1) is 5.69 Å². The maximum absolute atomic E-state index is 12.0. The van der Waals surface area contributed by atoms with Gasteiger partial charge >= 0.3 is 5.97 Å². The van der Waals surface area contributed by atoms with Crippen LogP contribution in [0.2, 0.25) is 0 Å². The van der Waals surface area contributed by atoms with Crippen molar-refractivity contribution in [1.29, 1.82) is 0 Å². The number of nitrogens with two attached hydrogens (primary N) is 1. The van der Waals surface area contributed by atoms with Crippen LogP contribution in [0.25, 0.3) is 0 Å². The van der Waals surface area contributed by atoms with Gasteiger partial charge in [-0.3, -0.25) is 9.48 Å². The summed E-state index contributed by atoms with van der Waals surface area (Å²) in [6.45, 7) is 1.61. The predicted octanol–water partition coefficient (Wildman–Crippen LogP) is 1.36. The number of nitrogen functional groups attached to an aromatic ring is 1. The van der Waals surface area contributed by atoms with Gasteiger partial charge in [0, 0.05) is 11.9 Å². The van der Waals surface area contributed by atoms with E-state index < -0.39 is 12.0 Å². The van der Waals surface area contributed by atoms with Crippen molar-refractivity contribution in [2.24, 2.45) is 0 Å². The molecule has 2 aromatic rings. The molecule has 1 aromatic carbocycles. The van der Waals surface area contributed by atoms with E-state index in [0.717, 1.165) is 0 Å². The number of aromatic nitrogens is 2. The number of carboxylic acids is 1. The molecule has 1 aromatic heterocycles. The normalized spacial score (nSPS) is 11.8. The Kier molecular flexibility index (Phi) is 3.69. The maximum atomic E-state index is 12.0. The Morgan fingerprint density at radius 2 is 2.00 bits per heavy atom. The molecular weight excluding hydrogens is 260 g/mol. The van der Waals surface area contributed by atoms with E-state index in [1.165, 1.54) is 10.9 Å². The van der Waals surface area contributed by atoms with Crippen molar-refractivity contribution in [3.63, 3.8) is 0 Å². The van der Waals surface area contributed by atoms with Gasteiger partial charge in [0.1, 0.15) is 6.04 Å². The summed E-state index contributed by atoms with van der Waals surface area (Å²) in [5, 5.41) is 15.4. The SMILES string of the molecule is CC(C(=O)Nc1ccccc1)n1cc(N)c(C(=O)O)n1. The van der Waals surface area contributed by atoms with Crippen LogP contribution < -0.4 is 11.1 Å². The first kappa shape index (κ1) is 13.6. The number of aromatic carboxylic acids is 1. The Hall–Kier alpha value is -2.83. The van der Waals surface area contributed by atoms with Crippen molar-refractivity contribution in [2.75, 3.05) is 11.1 Å². The zero-order chi connectivity index (χ0) is 14.7. The number of para-hydroxylation sites is 1. The second-order valence-electron chi connectivity index (χ2n) is 4.25. The zero-order valence-electron chi connectivity index (χ0n) is 10.8. The van der Waals surface area contributed by atoms with Crippen LogP contribution in [0.1, 0.15) is 23.5 Å². The fourth-order valence-electron chi connectivity index (χ4n) is 1.66. The predicted molar refractivity (Wildman–Crippen MR) is 73.4 cm³/mol.